The Morgan fingerprint density at radius 1 is 1.04 bits per heavy atom. The maximum absolute atomic E-state index is 12.8. The summed E-state index contributed by atoms with van der Waals surface area (Å²) < 4.78 is 5.93. The maximum Gasteiger partial charge on any atom is 0.310 e. The molecule has 0 spiro atoms. The summed E-state index contributed by atoms with van der Waals surface area (Å²) in [4.78, 5) is 24.3. The Balaban J connectivity index is 2.72. The predicted molar refractivity (Wildman–Crippen MR) is 105 cm³/mol. The number of carbonyl (C=O) groups excluding carboxylic acids is 1. The van der Waals surface area contributed by atoms with Gasteiger partial charge in [0.05, 0.1) is 11.8 Å². The summed E-state index contributed by atoms with van der Waals surface area (Å²) in [6, 6.07) is 0. The number of rotatable bonds is 12. The molecule has 4 heteroatoms. The maximum atomic E-state index is 12.8. The van der Waals surface area contributed by atoms with Crippen LogP contribution in [0, 0.1) is 23.7 Å². The van der Waals surface area contributed by atoms with E-state index in [-0.39, 0.29) is 12.1 Å². The van der Waals surface area contributed by atoms with Gasteiger partial charge in [0.15, 0.2) is 0 Å². The number of carboxylic acids is 1. The molecule has 0 radical (unpaired) electrons. The van der Waals surface area contributed by atoms with Crippen molar-refractivity contribution in [2.24, 2.45) is 23.7 Å². The van der Waals surface area contributed by atoms with Crippen molar-refractivity contribution in [3.63, 3.8) is 0 Å². The summed E-state index contributed by atoms with van der Waals surface area (Å²) in [5.74, 6) is -0.978. The quantitative estimate of drug-likeness (QED) is 0.440. The van der Waals surface area contributed by atoms with E-state index in [1.807, 2.05) is 0 Å². The fraction of sp³-hybridized carbons (Fsp3) is 0.909. The highest BCUT2D eigenvalue weighted by molar-refractivity contribution is 5.81. The Bertz CT molecular complexity index is 418. The zero-order valence-corrected chi connectivity index (χ0v) is 17.3. The third kappa shape index (κ3) is 8.09. The average Bonchev–Trinajstić information content (AvgIpc) is 2.62. The first-order valence-electron chi connectivity index (χ1n) is 10.8. The molecule has 1 fully saturated rings. The van der Waals surface area contributed by atoms with Gasteiger partial charge in [-0.3, -0.25) is 9.59 Å². The zero-order valence-electron chi connectivity index (χ0n) is 17.3. The number of esters is 1. The van der Waals surface area contributed by atoms with Gasteiger partial charge in [0.25, 0.3) is 0 Å². The lowest BCUT2D eigenvalue weighted by molar-refractivity contribution is -0.164. The Hall–Kier alpha value is -1.06. The highest BCUT2D eigenvalue weighted by Crippen LogP contribution is 2.32. The molecule has 1 rings (SSSR count). The van der Waals surface area contributed by atoms with Crippen LogP contribution in [0.5, 0.6) is 0 Å². The summed E-state index contributed by atoms with van der Waals surface area (Å²) in [6.07, 6.45) is 10.5. The number of hydrogen-bond acceptors (Lipinski definition) is 3. The molecule has 1 aliphatic rings. The Morgan fingerprint density at radius 2 is 1.69 bits per heavy atom. The molecule has 152 valence electrons. The molecule has 0 aromatic heterocycles. The van der Waals surface area contributed by atoms with Gasteiger partial charge < -0.3 is 9.84 Å². The van der Waals surface area contributed by atoms with Crippen molar-refractivity contribution in [2.45, 2.75) is 104 Å². The van der Waals surface area contributed by atoms with Crippen LogP contribution in [-0.4, -0.2) is 23.1 Å². The van der Waals surface area contributed by atoms with Crippen LogP contribution in [0.1, 0.15) is 98.3 Å². The molecule has 0 saturated heterocycles. The van der Waals surface area contributed by atoms with E-state index < -0.39 is 17.8 Å². The van der Waals surface area contributed by atoms with Crippen molar-refractivity contribution in [1.29, 1.82) is 0 Å². The van der Waals surface area contributed by atoms with Gasteiger partial charge in [-0.25, -0.2) is 0 Å². The average molecular weight is 369 g/mol. The van der Waals surface area contributed by atoms with Crippen molar-refractivity contribution in [3.8, 4) is 0 Å². The fourth-order valence-electron chi connectivity index (χ4n) is 4.06. The normalized spacial score (nSPS) is 22.8. The minimum atomic E-state index is -0.847. The van der Waals surface area contributed by atoms with Gasteiger partial charge in [-0.15, -0.1) is 0 Å². The first-order valence-corrected chi connectivity index (χ1v) is 10.8. The van der Waals surface area contributed by atoms with Gasteiger partial charge in [0.1, 0.15) is 6.10 Å². The zero-order chi connectivity index (χ0) is 19.5. The first-order chi connectivity index (χ1) is 12.4. The van der Waals surface area contributed by atoms with Gasteiger partial charge in [0, 0.05) is 0 Å². The lowest BCUT2D eigenvalue weighted by Gasteiger charge is -2.30. The van der Waals surface area contributed by atoms with E-state index in [9.17, 15) is 14.7 Å². The van der Waals surface area contributed by atoms with Crippen LogP contribution in [0.4, 0.5) is 0 Å². The number of hydrogen-bond donors (Lipinski definition) is 1. The highest BCUT2D eigenvalue weighted by Gasteiger charge is 2.37. The molecule has 0 aliphatic heterocycles. The molecular weight excluding hydrogens is 328 g/mol. The third-order valence-electron chi connectivity index (χ3n) is 5.87. The van der Waals surface area contributed by atoms with Crippen LogP contribution in [-0.2, 0) is 14.3 Å². The van der Waals surface area contributed by atoms with Gasteiger partial charge >= 0.3 is 11.9 Å². The van der Waals surface area contributed by atoms with Gasteiger partial charge in [-0.2, -0.15) is 0 Å². The van der Waals surface area contributed by atoms with Crippen molar-refractivity contribution in [2.75, 3.05) is 0 Å². The molecule has 0 heterocycles. The van der Waals surface area contributed by atoms with Gasteiger partial charge in [0.2, 0.25) is 0 Å². The van der Waals surface area contributed by atoms with Gasteiger partial charge in [-0.05, 0) is 43.9 Å². The molecule has 1 aliphatic carbocycles. The van der Waals surface area contributed by atoms with E-state index in [4.69, 9.17) is 4.74 Å². The monoisotopic (exact) mass is 368 g/mol. The molecule has 0 aromatic rings. The van der Waals surface area contributed by atoms with Crippen molar-refractivity contribution < 1.29 is 19.4 Å². The summed E-state index contributed by atoms with van der Waals surface area (Å²) in [5.41, 5.74) is 0. The molecule has 1 N–H and O–H groups in total. The standard InChI is InChI=1S/C22H40O4/c1-5-7-10-17(6-2)15-18(14-13-16(3)4)26-22(25)20-12-9-8-11-19(20)21(23)24/h16-20H,5-15H2,1-4H3,(H,23,24). The number of carboxylic acid groups (broad SMARTS) is 1. The fourth-order valence-corrected chi connectivity index (χ4v) is 4.06. The molecule has 0 amide bonds. The number of aliphatic carboxylic acids is 1. The van der Waals surface area contributed by atoms with Crippen LogP contribution in [0.2, 0.25) is 0 Å². The lowest BCUT2D eigenvalue weighted by Crippen LogP contribution is -2.36. The first kappa shape index (κ1) is 23.0. The summed E-state index contributed by atoms with van der Waals surface area (Å²) in [7, 11) is 0. The Labute approximate surface area is 160 Å². The largest absolute Gasteiger partial charge is 0.481 e. The number of carbonyl (C=O) groups is 2. The van der Waals surface area contributed by atoms with Crippen LogP contribution in [0.3, 0.4) is 0 Å². The van der Waals surface area contributed by atoms with Crippen molar-refractivity contribution >= 4 is 11.9 Å². The van der Waals surface area contributed by atoms with Crippen LogP contribution >= 0.6 is 0 Å². The van der Waals surface area contributed by atoms with Crippen molar-refractivity contribution in [3.05, 3.63) is 0 Å². The summed E-state index contributed by atoms with van der Waals surface area (Å²) >= 11 is 0. The summed E-state index contributed by atoms with van der Waals surface area (Å²) in [6.45, 7) is 8.80. The molecule has 4 atom stereocenters. The van der Waals surface area contributed by atoms with Crippen LogP contribution in [0.25, 0.3) is 0 Å². The number of ether oxygens (including phenoxy) is 1. The van der Waals surface area contributed by atoms with Crippen LogP contribution < -0.4 is 0 Å². The van der Waals surface area contributed by atoms with E-state index in [1.165, 1.54) is 19.3 Å². The lowest BCUT2D eigenvalue weighted by atomic mass is 9.79. The smallest absolute Gasteiger partial charge is 0.310 e. The van der Waals surface area contributed by atoms with E-state index >= 15 is 0 Å². The molecule has 26 heavy (non-hydrogen) atoms. The molecule has 4 unspecified atom stereocenters. The van der Waals surface area contributed by atoms with E-state index in [1.54, 1.807) is 0 Å². The molecule has 0 bridgehead atoms. The minimum Gasteiger partial charge on any atom is -0.481 e. The molecular formula is C22H40O4. The molecule has 1 saturated carbocycles. The van der Waals surface area contributed by atoms with Crippen molar-refractivity contribution in [1.82, 2.24) is 0 Å². The third-order valence-corrected chi connectivity index (χ3v) is 5.87. The predicted octanol–water partition coefficient (Wildman–Crippen LogP) is 5.83. The molecule has 4 nitrogen and oxygen atoms in total. The van der Waals surface area contributed by atoms with E-state index in [2.05, 4.69) is 27.7 Å². The SMILES string of the molecule is CCCCC(CC)CC(CCC(C)C)OC(=O)C1CCCCC1C(=O)O. The second-order valence-corrected chi connectivity index (χ2v) is 8.52. The second kappa shape index (κ2) is 12.3. The highest BCUT2D eigenvalue weighted by atomic mass is 16.5. The second-order valence-electron chi connectivity index (χ2n) is 8.52. The Morgan fingerprint density at radius 3 is 2.23 bits per heavy atom. The Kier molecular flexibility index (Phi) is 10.9. The number of unbranched alkanes of at least 4 members (excludes halogenated alkanes) is 1. The topological polar surface area (TPSA) is 63.6 Å². The minimum absolute atomic E-state index is 0.0666. The summed E-state index contributed by atoms with van der Waals surface area (Å²) in [5, 5.41) is 9.44. The van der Waals surface area contributed by atoms with E-state index in [0.717, 1.165) is 38.5 Å². The van der Waals surface area contributed by atoms with Crippen LogP contribution in [0.15, 0.2) is 0 Å². The van der Waals surface area contributed by atoms with Gasteiger partial charge in [-0.1, -0.05) is 66.2 Å². The van der Waals surface area contributed by atoms with E-state index in [0.29, 0.717) is 24.7 Å². The molecule has 0 aromatic carbocycles.